The Labute approximate surface area is 156 Å². The number of rotatable bonds is 1. The molecule has 27 heavy (non-hydrogen) atoms. The minimum Gasteiger partial charge on any atom is -0.487 e. The number of hydrogen-bond acceptors (Lipinski definition) is 7. The van der Waals surface area contributed by atoms with Crippen LogP contribution in [0.25, 0.3) is 11.1 Å². The highest BCUT2D eigenvalue weighted by atomic mass is 16.6. The van der Waals surface area contributed by atoms with E-state index in [9.17, 15) is 0 Å². The van der Waals surface area contributed by atoms with Gasteiger partial charge in [-0.1, -0.05) is 6.07 Å². The van der Waals surface area contributed by atoms with Gasteiger partial charge in [0.2, 0.25) is 0 Å². The van der Waals surface area contributed by atoms with Gasteiger partial charge in [0.15, 0.2) is 5.54 Å². The summed E-state index contributed by atoms with van der Waals surface area (Å²) >= 11 is 0. The van der Waals surface area contributed by atoms with Gasteiger partial charge >= 0.3 is 0 Å². The van der Waals surface area contributed by atoms with E-state index in [4.69, 9.17) is 25.2 Å². The first-order valence-corrected chi connectivity index (χ1v) is 8.96. The normalized spacial score (nSPS) is 28.3. The van der Waals surface area contributed by atoms with Gasteiger partial charge in [-0.15, -0.1) is 0 Å². The third kappa shape index (κ3) is 2.45. The molecular formula is C20H18N4O3. The van der Waals surface area contributed by atoms with Gasteiger partial charge in [0.25, 0.3) is 6.02 Å². The molecule has 1 unspecified atom stereocenters. The third-order valence-corrected chi connectivity index (χ3v) is 5.41. The molecule has 1 fully saturated rings. The van der Waals surface area contributed by atoms with Crippen molar-refractivity contribution in [1.82, 2.24) is 4.98 Å². The molecule has 2 aromatic rings. The van der Waals surface area contributed by atoms with Crippen LogP contribution < -0.4 is 10.5 Å². The number of nitriles is 1. The lowest BCUT2D eigenvalue weighted by molar-refractivity contribution is -0.117. The van der Waals surface area contributed by atoms with E-state index >= 15 is 0 Å². The van der Waals surface area contributed by atoms with Crippen LogP contribution in [0.3, 0.4) is 0 Å². The van der Waals surface area contributed by atoms with Gasteiger partial charge in [-0.2, -0.15) is 5.26 Å². The van der Waals surface area contributed by atoms with Crippen molar-refractivity contribution >= 4 is 6.02 Å². The molecule has 1 spiro atoms. The van der Waals surface area contributed by atoms with Crippen molar-refractivity contribution in [3.8, 4) is 22.9 Å². The average Bonchev–Trinajstić information content (AvgIpc) is 3.10. The second-order valence-corrected chi connectivity index (χ2v) is 7.04. The monoisotopic (exact) mass is 362 g/mol. The van der Waals surface area contributed by atoms with E-state index < -0.39 is 5.54 Å². The number of benzene rings is 1. The molecular weight excluding hydrogens is 344 g/mol. The number of amidine groups is 1. The molecule has 7 nitrogen and oxygen atoms in total. The molecule has 0 amide bonds. The van der Waals surface area contributed by atoms with Crippen LogP contribution in [0.15, 0.2) is 41.7 Å². The van der Waals surface area contributed by atoms with Gasteiger partial charge in [0.05, 0.1) is 5.56 Å². The number of ether oxygens (including phenoxy) is 3. The Balaban J connectivity index is 1.66. The largest absolute Gasteiger partial charge is 0.487 e. The molecule has 2 N–H and O–H groups in total. The highest BCUT2D eigenvalue weighted by Gasteiger charge is 2.55. The van der Waals surface area contributed by atoms with Crippen molar-refractivity contribution in [2.45, 2.75) is 30.6 Å². The van der Waals surface area contributed by atoms with Crippen LogP contribution >= 0.6 is 0 Å². The van der Waals surface area contributed by atoms with Gasteiger partial charge in [0, 0.05) is 30.1 Å². The summed E-state index contributed by atoms with van der Waals surface area (Å²) in [4.78, 5) is 8.83. The molecule has 4 heterocycles. The minimum absolute atomic E-state index is 0.0704. The summed E-state index contributed by atoms with van der Waals surface area (Å²) < 4.78 is 17.9. The lowest BCUT2D eigenvalue weighted by atomic mass is 9.77. The van der Waals surface area contributed by atoms with E-state index in [1.807, 2.05) is 24.3 Å². The molecule has 7 heteroatoms. The second-order valence-electron chi connectivity index (χ2n) is 7.04. The predicted octanol–water partition coefficient (Wildman–Crippen LogP) is 2.10. The Kier molecular flexibility index (Phi) is 3.55. The summed E-state index contributed by atoms with van der Waals surface area (Å²) in [5, 5.41) is 9.15. The topological polar surface area (TPSA) is 103 Å². The van der Waals surface area contributed by atoms with E-state index in [0.29, 0.717) is 18.8 Å². The Hall–Kier alpha value is -3.11. The zero-order chi connectivity index (χ0) is 18.4. The van der Waals surface area contributed by atoms with Crippen molar-refractivity contribution in [1.29, 1.82) is 5.26 Å². The molecule has 3 aliphatic rings. The molecule has 1 aromatic heterocycles. The van der Waals surface area contributed by atoms with Crippen molar-refractivity contribution in [2.75, 3.05) is 13.2 Å². The zero-order valence-corrected chi connectivity index (χ0v) is 14.6. The van der Waals surface area contributed by atoms with E-state index in [1.165, 1.54) is 0 Å². The molecule has 1 saturated heterocycles. The first-order chi connectivity index (χ1) is 13.2. The maximum atomic E-state index is 9.15. The minimum atomic E-state index is -0.709. The van der Waals surface area contributed by atoms with Crippen LogP contribution in [-0.2, 0) is 15.0 Å². The fourth-order valence-corrected chi connectivity index (χ4v) is 4.17. The molecule has 3 aliphatic heterocycles. The number of nitrogens with zero attached hydrogens (tertiary/aromatic N) is 3. The zero-order valence-electron chi connectivity index (χ0n) is 14.6. The highest BCUT2D eigenvalue weighted by Crippen LogP contribution is 2.49. The number of pyridine rings is 1. The number of aliphatic imine (C=N–C) groups is 1. The van der Waals surface area contributed by atoms with Gasteiger partial charge < -0.3 is 19.9 Å². The molecule has 0 bridgehead atoms. The number of fused-ring (bicyclic) bond motifs is 4. The molecule has 0 saturated carbocycles. The molecule has 5 rings (SSSR count). The summed E-state index contributed by atoms with van der Waals surface area (Å²) in [6, 6.07) is 10.0. The van der Waals surface area contributed by atoms with Crippen LogP contribution in [0.1, 0.15) is 24.0 Å². The quantitative estimate of drug-likeness (QED) is 0.833. The summed E-state index contributed by atoms with van der Waals surface area (Å²) in [6.07, 6.45) is 4.84. The number of aromatic nitrogens is 1. The summed E-state index contributed by atoms with van der Waals surface area (Å²) in [5.74, 6) is 0.775. The van der Waals surface area contributed by atoms with Crippen molar-refractivity contribution < 1.29 is 14.2 Å². The maximum absolute atomic E-state index is 9.15. The Morgan fingerprint density at radius 1 is 1.22 bits per heavy atom. The number of nitrogens with two attached hydrogens (primary N) is 1. The fraction of sp³-hybridized carbons (Fsp3) is 0.350. The maximum Gasteiger partial charge on any atom is 0.283 e. The van der Waals surface area contributed by atoms with E-state index in [-0.39, 0.29) is 18.2 Å². The average molecular weight is 362 g/mol. The van der Waals surface area contributed by atoms with E-state index in [2.05, 4.69) is 16.0 Å². The van der Waals surface area contributed by atoms with E-state index in [1.54, 1.807) is 12.4 Å². The van der Waals surface area contributed by atoms with Crippen LogP contribution in [-0.4, -0.2) is 36.4 Å². The van der Waals surface area contributed by atoms with Gasteiger partial charge in [-0.25, -0.2) is 4.99 Å². The smallest absolute Gasteiger partial charge is 0.283 e. The SMILES string of the molecule is N#Cc1cncc(-c2ccc3c(c2)C2(COC(N)=N2)[C@H]2OCCC[C@@H]2O3)c1. The second kappa shape index (κ2) is 5.96. The highest BCUT2D eigenvalue weighted by molar-refractivity contribution is 5.75. The molecule has 136 valence electrons. The Morgan fingerprint density at radius 3 is 2.96 bits per heavy atom. The Bertz CT molecular complexity index is 983. The standard InChI is InChI=1S/C20H18N4O3/c21-8-12-6-14(10-23-9-12)13-3-4-16-15(7-13)20(11-26-19(22)24-20)18-17(27-16)2-1-5-25-18/h3-4,6-7,9-10,17-18H,1-2,5,11H2,(H2,22,24)/t17-,18-,20?/m0/s1. The van der Waals surface area contributed by atoms with Gasteiger partial charge in [-0.3, -0.25) is 4.98 Å². The van der Waals surface area contributed by atoms with Crippen molar-refractivity contribution in [3.63, 3.8) is 0 Å². The van der Waals surface area contributed by atoms with Gasteiger partial charge in [-0.05, 0) is 36.6 Å². The number of hydrogen-bond donors (Lipinski definition) is 1. The lowest BCUT2D eigenvalue weighted by Crippen LogP contribution is -2.55. The van der Waals surface area contributed by atoms with Crippen LogP contribution in [0.2, 0.25) is 0 Å². The predicted molar refractivity (Wildman–Crippen MR) is 97.0 cm³/mol. The first kappa shape index (κ1) is 16.1. The molecule has 3 atom stereocenters. The summed E-state index contributed by atoms with van der Waals surface area (Å²) in [7, 11) is 0. The molecule has 1 aromatic carbocycles. The lowest BCUT2D eigenvalue weighted by Gasteiger charge is -2.45. The van der Waals surface area contributed by atoms with Crippen molar-refractivity contribution in [2.24, 2.45) is 10.7 Å². The molecule has 0 radical (unpaired) electrons. The molecule has 0 aliphatic carbocycles. The van der Waals surface area contributed by atoms with Crippen LogP contribution in [0.5, 0.6) is 5.75 Å². The van der Waals surface area contributed by atoms with Crippen molar-refractivity contribution in [3.05, 3.63) is 47.8 Å². The van der Waals surface area contributed by atoms with Crippen LogP contribution in [0, 0.1) is 11.3 Å². The third-order valence-electron chi connectivity index (χ3n) is 5.41. The van der Waals surface area contributed by atoms with Crippen LogP contribution in [0.4, 0.5) is 0 Å². The summed E-state index contributed by atoms with van der Waals surface area (Å²) in [6.45, 7) is 1.00. The Morgan fingerprint density at radius 2 is 2.15 bits per heavy atom. The fourth-order valence-electron chi connectivity index (χ4n) is 4.17. The summed E-state index contributed by atoms with van der Waals surface area (Å²) in [5.41, 5.74) is 8.37. The van der Waals surface area contributed by atoms with Gasteiger partial charge in [0.1, 0.15) is 30.6 Å². The first-order valence-electron chi connectivity index (χ1n) is 8.96. The van der Waals surface area contributed by atoms with E-state index in [0.717, 1.165) is 35.3 Å².